The highest BCUT2D eigenvalue weighted by Gasteiger charge is 2.05. The highest BCUT2D eigenvalue weighted by Crippen LogP contribution is 2.21. The van der Waals surface area contributed by atoms with Crippen LogP contribution in [0, 0.1) is 6.92 Å². The van der Waals surface area contributed by atoms with Crippen molar-refractivity contribution in [2.45, 2.75) is 19.8 Å². The molecule has 0 saturated carbocycles. The molecule has 0 amide bonds. The molecule has 0 radical (unpaired) electrons. The zero-order valence-corrected chi connectivity index (χ0v) is 11.3. The number of nitrogens with zero attached hydrogens (tertiary/aromatic N) is 3. The van der Waals surface area contributed by atoms with Crippen LogP contribution < -0.4 is 0 Å². The number of hydrogen-bond donors (Lipinski definition) is 2. The summed E-state index contributed by atoms with van der Waals surface area (Å²) in [5.74, 6) is 1.67. The fraction of sp³-hybridized carbons (Fsp3) is 0.267. The number of H-pyrrole nitrogens is 1. The summed E-state index contributed by atoms with van der Waals surface area (Å²) in [6.45, 7) is 2.10. The summed E-state index contributed by atoms with van der Waals surface area (Å²) in [7, 11) is 0. The number of aryl methyl sites for hydroxylation is 2. The molecule has 2 aromatic heterocycles. The van der Waals surface area contributed by atoms with E-state index in [1.807, 2.05) is 31.2 Å². The third kappa shape index (κ3) is 2.53. The van der Waals surface area contributed by atoms with E-state index in [4.69, 9.17) is 5.11 Å². The predicted octanol–water partition coefficient (Wildman–Crippen LogP) is 2.25. The Labute approximate surface area is 116 Å². The van der Waals surface area contributed by atoms with E-state index in [0.717, 1.165) is 33.9 Å². The van der Waals surface area contributed by atoms with E-state index in [9.17, 15) is 0 Å². The van der Waals surface area contributed by atoms with Gasteiger partial charge in [0, 0.05) is 24.8 Å². The van der Waals surface area contributed by atoms with Crippen LogP contribution in [0.4, 0.5) is 0 Å². The van der Waals surface area contributed by atoms with Gasteiger partial charge in [0.15, 0.2) is 0 Å². The first-order chi connectivity index (χ1) is 9.76. The zero-order valence-electron chi connectivity index (χ0n) is 11.3. The second kappa shape index (κ2) is 5.38. The molecule has 5 nitrogen and oxygen atoms in total. The standard InChI is InChI=1S/C15H16N4O/c1-10-17-13-5-4-11(9-14(13)18-10)12-6-7-16-15(19-12)3-2-8-20/h4-7,9,20H,2-3,8H2,1H3,(H,17,18). The van der Waals surface area contributed by atoms with E-state index in [1.165, 1.54) is 0 Å². The third-order valence-electron chi connectivity index (χ3n) is 3.16. The maximum atomic E-state index is 8.87. The van der Waals surface area contributed by atoms with Crippen LogP contribution >= 0.6 is 0 Å². The van der Waals surface area contributed by atoms with E-state index in [1.54, 1.807) is 6.20 Å². The average Bonchev–Trinajstić information content (AvgIpc) is 2.84. The lowest BCUT2D eigenvalue weighted by molar-refractivity contribution is 0.287. The summed E-state index contributed by atoms with van der Waals surface area (Å²) in [5.41, 5.74) is 3.90. The van der Waals surface area contributed by atoms with Crippen LogP contribution in [0.2, 0.25) is 0 Å². The SMILES string of the molecule is Cc1nc2ccc(-c3ccnc(CCCO)n3)cc2[nH]1. The fourth-order valence-corrected chi connectivity index (χ4v) is 2.21. The predicted molar refractivity (Wildman–Crippen MR) is 77.3 cm³/mol. The van der Waals surface area contributed by atoms with E-state index in [-0.39, 0.29) is 6.61 Å². The summed E-state index contributed by atoms with van der Waals surface area (Å²) >= 11 is 0. The second-order valence-electron chi connectivity index (χ2n) is 4.74. The largest absolute Gasteiger partial charge is 0.396 e. The lowest BCUT2D eigenvalue weighted by Crippen LogP contribution is -1.98. The molecule has 0 bridgehead atoms. The summed E-state index contributed by atoms with van der Waals surface area (Å²) in [6, 6.07) is 7.95. The van der Waals surface area contributed by atoms with Gasteiger partial charge in [0.25, 0.3) is 0 Å². The average molecular weight is 268 g/mol. The molecule has 2 heterocycles. The molecule has 0 aliphatic rings. The molecule has 2 N–H and O–H groups in total. The van der Waals surface area contributed by atoms with Crippen LogP contribution in [0.5, 0.6) is 0 Å². The first kappa shape index (κ1) is 12.7. The Bertz CT molecular complexity index is 736. The van der Waals surface area contributed by atoms with Gasteiger partial charge in [-0.2, -0.15) is 0 Å². The molecule has 3 aromatic rings. The molecule has 3 rings (SSSR count). The monoisotopic (exact) mass is 268 g/mol. The van der Waals surface area contributed by atoms with Gasteiger partial charge in [0.05, 0.1) is 16.7 Å². The minimum atomic E-state index is 0.160. The number of aromatic nitrogens is 4. The van der Waals surface area contributed by atoms with Crippen molar-refractivity contribution in [2.75, 3.05) is 6.61 Å². The molecule has 0 saturated heterocycles. The lowest BCUT2D eigenvalue weighted by Gasteiger charge is -2.03. The van der Waals surface area contributed by atoms with Gasteiger partial charge in [-0.1, -0.05) is 6.07 Å². The first-order valence-corrected chi connectivity index (χ1v) is 6.66. The van der Waals surface area contributed by atoms with Crippen LogP contribution in [0.1, 0.15) is 18.1 Å². The quantitative estimate of drug-likeness (QED) is 0.761. The highest BCUT2D eigenvalue weighted by molar-refractivity contribution is 5.81. The normalized spacial score (nSPS) is 11.1. The van der Waals surface area contributed by atoms with Crippen LogP contribution in [0.25, 0.3) is 22.3 Å². The smallest absolute Gasteiger partial charge is 0.129 e. The lowest BCUT2D eigenvalue weighted by atomic mass is 10.1. The molecular formula is C15H16N4O. The van der Waals surface area contributed by atoms with E-state index >= 15 is 0 Å². The maximum Gasteiger partial charge on any atom is 0.129 e. The number of benzene rings is 1. The van der Waals surface area contributed by atoms with Crippen molar-refractivity contribution < 1.29 is 5.11 Å². The number of imidazole rings is 1. The molecule has 0 aliphatic heterocycles. The number of aliphatic hydroxyl groups excluding tert-OH is 1. The number of aliphatic hydroxyl groups is 1. The van der Waals surface area contributed by atoms with Gasteiger partial charge in [-0.3, -0.25) is 0 Å². The molecule has 1 aromatic carbocycles. The Balaban J connectivity index is 1.97. The van der Waals surface area contributed by atoms with Gasteiger partial charge in [0.1, 0.15) is 11.6 Å². The van der Waals surface area contributed by atoms with Crippen molar-refractivity contribution in [1.82, 2.24) is 19.9 Å². The Morgan fingerprint density at radius 1 is 1.20 bits per heavy atom. The van der Waals surface area contributed by atoms with Crippen molar-refractivity contribution in [2.24, 2.45) is 0 Å². The number of hydrogen-bond acceptors (Lipinski definition) is 4. The van der Waals surface area contributed by atoms with Crippen molar-refractivity contribution in [1.29, 1.82) is 0 Å². The zero-order chi connectivity index (χ0) is 13.9. The summed E-state index contributed by atoms with van der Waals surface area (Å²) in [6.07, 6.45) is 3.13. The topological polar surface area (TPSA) is 74.7 Å². The van der Waals surface area contributed by atoms with Crippen LogP contribution in [-0.4, -0.2) is 31.6 Å². The van der Waals surface area contributed by atoms with Gasteiger partial charge in [-0.05, 0) is 31.5 Å². The van der Waals surface area contributed by atoms with E-state index in [2.05, 4.69) is 19.9 Å². The van der Waals surface area contributed by atoms with E-state index in [0.29, 0.717) is 12.8 Å². The summed E-state index contributed by atoms with van der Waals surface area (Å²) < 4.78 is 0. The molecule has 102 valence electrons. The fourth-order valence-electron chi connectivity index (χ4n) is 2.21. The third-order valence-corrected chi connectivity index (χ3v) is 3.16. The Kier molecular flexibility index (Phi) is 3.43. The molecule has 5 heteroatoms. The molecular weight excluding hydrogens is 252 g/mol. The minimum absolute atomic E-state index is 0.160. The first-order valence-electron chi connectivity index (χ1n) is 6.66. The van der Waals surface area contributed by atoms with Crippen molar-refractivity contribution in [3.63, 3.8) is 0 Å². The minimum Gasteiger partial charge on any atom is -0.396 e. The van der Waals surface area contributed by atoms with Gasteiger partial charge in [-0.25, -0.2) is 15.0 Å². The van der Waals surface area contributed by atoms with E-state index < -0.39 is 0 Å². The van der Waals surface area contributed by atoms with Crippen molar-refractivity contribution >= 4 is 11.0 Å². The van der Waals surface area contributed by atoms with Crippen LogP contribution in [-0.2, 0) is 6.42 Å². The Hall–Kier alpha value is -2.27. The molecule has 0 atom stereocenters. The molecule has 0 unspecified atom stereocenters. The van der Waals surface area contributed by atoms with Crippen LogP contribution in [0.15, 0.2) is 30.5 Å². The second-order valence-corrected chi connectivity index (χ2v) is 4.74. The maximum absolute atomic E-state index is 8.87. The summed E-state index contributed by atoms with van der Waals surface area (Å²) in [5, 5.41) is 8.87. The molecule has 20 heavy (non-hydrogen) atoms. The molecule has 0 spiro atoms. The van der Waals surface area contributed by atoms with Gasteiger partial charge in [-0.15, -0.1) is 0 Å². The van der Waals surface area contributed by atoms with Gasteiger partial charge in [0.2, 0.25) is 0 Å². The van der Waals surface area contributed by atoms with Gasteiger partial charge >= 0.3 is 0 Å². The Morgan fingerprint density at radius 3 is 2.95 bits per heavy atom. The number of nitrogens with one attached hydrogen (secondary N) is 1. The number of rotatable bonds is 4. The Morgan fingerprint density at radius 2 is 2.10 bits per heavy atom. The van der Waals surface area contributed by atoms with Crippen molar-refractivity contribution in [3.8, 4) is 11.3 Å². The molecule has 0 aliphatic carbocycles. The number of aromatic amines is 1. The van der Waals surface area contributed by atoms with Gasteiger partial charge < -0.3 is 10.1 Å². The molecule has 0 fully saturated rings. The number of fused-ring (bicyclic) bond motifs is 1. The highest BCUT2D eigenvalue weighted by atomic mass is 16.2. The van der Waals surface area contributed by atoms with Crippen LogP contribution in [0.3, 0.4) is 0 Å². The van der Waals surface area contributed by atoms with Crippen molar-refractivity contribution in [3.05, 3.63) is 42.1 Å². The summed E-state index contributed by atoms with van der Waals surface area (Å²) in [4.78, 5) is 16.4.